The smallest absolute Gasteiger partial charge is 0.242 e. The van der Waals surface area contributed by atoms with Crippen molar-refractivity contribution in [3.8, 4) is 5.75 Å². The summed E-state index contributed by atoms with van der Waals surface area (Å²) in [7, 11) is -1.83. The second-order valence-corrected chi connectivity index (χ2v) is 6.06. The van der Waals surface area contributed by atoms with Crippen molar-refractivity contribution in [3.63, 3.8) is 0 Å². The van der Waals surface area contributed by atoms with Crippen LogP contribution in [0.15, 0.2) is 24.3 Å². The molecule has 1 N–H and O–H groups in total. The van der Waals surface area contributed by atoms with Gasteiger partial charge in [0.1, 0.15) is 11.0 Å². The Labute approximate surface area is 101 Å². The molecule has 0 radical (unpaired) electrons. The number of methoxy groups -OCH3 is 1. The maximum absolute atomic E-state index is 11.6. The van der Waals surface area contributed by atoms with E-state index in [1.54, 1.807) is 31.4 Å². The Bertz CT molecular complexity index is 493. The summed E-state index contributed by atoms with van der Waals surface area (Å²) in [6, 6.07) is 6.65. The molecule has 94 valence electrons. The van der Waals surface area contributed by atoms with Crippen LogP contribution >= 0.6 is 0 Å². The Balaban J connectivity index is 2.74. The highest BCUT2D eigenvalue weighted by Crippen LogP contribution is 2.15. The monoisotopic (exact) mass is 257 g/mol. The quantitative estimate of drug-likeness (QED) is 0.875. The van der Waals surface area contributed by atoms with Crippen molar-refractivity contribution in [1.29, 1.82) is 0 Å². The van der Waals surface area contributed by atoms with Crippen LogP contribution in [0.2, 0.25) is 0 Å². The summed E-state index contributed by atoms with van der Waals surface area (Å²) in [6.07, 6.45) is 1.03. The number of ether oxygens (including phenoxy) is 1. The molecule has 0 bridgehead atoms. The molecule has 1 atom stereocenters. The number of benzene rings is 1. The number of carbonyl (C=O) groups excluding carboxylic acids is 1. The van der Waals surface area contributed by atoms with Gasteiger partial charge in [-0.05, 0) is 31.2 Å². The van der Waals surface area contributed by atoms with Crippen molar-refractivity contribution in [2.24, 2.45) is 0 Å². The Morgan fingerprint density at radius 2 is 1.82 bits per heavy atom. The molecule has 0 spiro atoms. The molecule has 0 saturated heterocycles. The third kappa shape index (κ3) is 3.74. The van der Waals surface area contributed by atoms with Gasteiger partial charge in [-0.2, -0.15) is 0 Å². The number of carbonyl (C=O) groups is 1. The maximum Gasteiger partial charge on any atom is 0.242 e. The van der Waals surface area contributed by atoms with E-state index in [0.29, 0.717) is 11.4 Å². The Morgan fingerprint density at radius 3 is 2.24 bits per heavy atom. The molecule has 6 heteroatoms. The summed E-state index contributed by atoms with van der Waals surface area (Å²) >= 11 is 0. The van der Waals surface area contributed by atoms with Crippen LogP contribution in [0.4, 0.5) is 5.69 Å². The molecular formula is C11H15NO4S. The number of rotatable bonds is 4. The van der Waals surface area contributed by atoms with Crippen LogP contribution in [0.3, 0.4) is 0 Å². The topological polar surface area (TPSA) is 72.5 Å². The molecule has 0 fully saturated rings. The highest BCUT2D eigenvalue weighted by atomic mass is 32.2. The molecule has 1 amide bonds. The zero-order valence-corrected chi connectivity index (χ0v) is 10.7. The molecule has 0 aromatic heterocycles. The van der Waals surface area contributed by atoms with Crippen LogP contribution in [-0.4, -0.2) is 32.9 Å². The molecule has 5 nitrogen and oxygen atoms in total. The van der Waals surface area contributed by atoms with Gasteiger partial charge in [0, 0.05) is 11.9 Å². The molecule has 0 aliphatic rings. The van der Waals surface area contributed by atoms with E-state index in [1.807, 2.05) is 0 Å². The first-order valence-electron chi connectivity index (χ1n) is 4.98. The van der Waals surface area contributed by atoms with Gasteiger partial charge in [-0.15, -0.1) is 0 Å². The lowest BCUT2D eigenvalue weighted by atomic mass is 10.3. The summed E-state index contributed by atoms with van der Waals surface area (Å²) in [4.78, 5) is 11.6. The van der Waals surface area contributed by atoms with Gasteiger partial charge in [0.2, 0.25) is 5.91 Å². The number of hydrogen-bond donors (Lipinski definition) is 1. The van der Waals surface area contributed by atoms with Gasteiger partial charge in [-0.25, -0.2) is 8.42 Å². The van der Waals surface area contributed by atoms with E-state index in [0.717, 1.165) is 6.26 Å². The molecule has 0 heterocycles. The minimum absolute atomic E-state index is 0.534. The van der Waals surface area contributed by atoms with E-state index in [4.69, 9.17) is 4.74 Å². The summed E-state index contributed by atoms with van der Waals surface area (Å²) < 4.78 is 27.3. The van der Waals surface area contributed by atoms with Gasteiger partial charge in [-0.1, -0.05) is 0 Å². The highest BCUT2D eigenvalue weighted by molar-refractivity contribution is 7.92. The van der Waals surface area contributed by atoms with Crippen molar-refractivity contribution in [1.82, 2.24) is 0 Å². The molecule has 0 saturated carbocycles. The van der Waals surface area contributed by atoms with E-state index in [1.165, 1.54) is 6.92 Å². The Hall–Kier alpha value is -1.56. The standard InChI is InChI=1S/C11H15NO4S/c1-8(17(3,14)15)11(13)12-9-4-6-10(16-2)7-5-9/h4-8H,1-3H3,(H,12,13)/t8-/m1/s1. The largest absolute Gasteiger partial charge is 0.497 e. The third-order valence-electron chi connectivity index (χ3n) is 2.37. The number of nitrogens with one attached hydrogen (secondary N) is 1. The molecule has 0 aliphatic heterocycles. The molecule has 0 aliphatic carbocycles. The molecular weight excluding hydrogens is 242 g/mol. The minimum atomic E-state index is -3.37. The SMILES string of the molecule is COc1ccc(NC(=O)[C@@H](C)S(C)(=O)=O)cc1. The second kappa shape index (κ2) is 5.18. The fourth-order valence-corrected chi connectivity index (χ4v) is 1.56. The zero-order valence-electron chi connectivity index (χ0n) is 9.93. The summed E-state index contributed by atoms with van der Waals surface area (Å²) in [5, 5.41) is 1.46. The summed E-state index contributed by atoms with van der Waals surface area (Å²) in [6.45, 7) is 1.36. The number of amides is 1. The fourth-order valence-electron chi connectivity index (χ4n) is 1.11. The van der Waals surface area contributed by atoms with Crippen LogP contribution in [0.5, 0.6) is 5.75 Å². The Morgan fingerprint density at radius 1 is 1.29 bits per heavy atom. The molecule has 1 rings (SSSR count). The van der Waals surface area contributed by atoms with Gasteiger partial charge in [0.15, 0.2) is 9.84 Å². The number of sulfone groups is 1. The second-order valence-electron chi connectivity index (χ2n) is 3.69. The first kappa shape index (κ1) is 13.5. The lowest BCUT2D eigenvalue weighted by Gasteiger charge is -2.10. The van der Waals surface area contributed by atoms with Gasteiger partial charge in [0.25, 0.3) is 0 Å². The van der Waals surface area contributed by atoms with E-state index in [2.05, 4.69) is 5.32 Å². The normalized spacial score (nSPS) is 12.9. The summed E-state index contributed by atoms with van der Waals surface area (Å²) in [5.41, 5.74) is 0.534. The van der Waals surface area contributed by atoms with Crippen LogP contribution in [0.1, 0.15) is 6.92 Å². The van der Waals surface area contributed by atoms with Crippen LogP contribution in [0.25, 0.3) is 0 Å². The van der Waals surface area contributed by atoms with Crippen LogP contribution in [-0.2, 0) is 14.6 Å². The van der Waals surface area contributed by atoms with E-state index in [-0.39, 0.29) is 0 Å². The van der Waals surface area contributed by atoms with Crippen molar-refractivity contribution >= 4 is 21.4 Å². The van der Waals surface area contributed by atoms with Gasteiger partial charge in [-0.3, -0.25) is 4.79 Å². The first-order chi connectivity index (χ1) is 7.84. The molecule has 17 heavy (non-hydrogen) atoms. The first-order valence-corrected chi connectivity index (χ1v) is 6.94. The fraction of sp³-hybridized carbons (Fsp3) is 0.364. The van der Waals surface area contributed by atoms with Gasteiger partial charge < -0.3 is 10.1 Å². The van der Waals surface area contributed by atoms with Crippen LogP contribution in [0, 0.1) is 0 Å². The number of anilines is 1. The lowest BCUT2D eigenvalue weighted by Crippen LogP contribution is -2.31. The van der Waals surface area contributed by atoms with E-state index < -0.39 is 21.0 Å². The van der Waals surface area contributed by atoms with Crippen molar-refractivity contribution in [2.45, 2.75) is 12.2 Å². The predicted molar refractivity (Wildman–Crippen MR) is 65.9 cm³/mol. The van der Waals surface area contributed by atoms with E-state index in [9.17, 15) is 13.2 Å². The molecule has 1 aromatic rings. The van der Waals surface area contributed by atoms with Crippen molar-refractivity contribution in [3.05, 3.63) is 24.3 Å². The third-order valence-corrected chi connectivity index (χ3v) is 3.87. The Kier molecular flexibility index (Phi) is 4.11. The predicted octanol–water partition coefficient (Wildman–Crippen LogP) is 1.07. The maximum atomic E-state index is 11.6. The van der Waals surface area contributed by atoms with Crippen LogP contribution < -0.4 is 10.1 Å². The van der Waals surface area contributed by atoms with Crippen molar-refractivity contribution < 1.29 is 17.9 Å². The molecule has 1 aromatic carbocycles. The lowest BCUT2D eigenvalue weighted by molar-refractivity contribution is -0.115. The summed E-state index contributed by atoms with van der Waals surface area (Å²) in [5.74, 6) is 0.122. The zero-order chi connectivity index (χ0) is 13.1. The van der Waals surface area contributed by atoms with Gasteiger partial charge >= 0.3 is 0 Å². The average Bonchev–Trinajstić information content (AvgIpc) is 2.27. The van der Waals surface area contributed by atoms with E-state index >= 15 is 0 Å². The highest BCUT2D eigenvalue weighted by Gasteiger charge is 2.23. The average molecular weight is 257 g/mol. The van der Waals surface area contributed by atoms with Crippen molar-refractivity contribution in [2.75, 3.05) is 18.7 Å². The van der Waals surface area contributed by atoms with Gasteiger partial charge in [0.05, 0.1) is 7.11 Å². The molecule has 0 unspecified atom stereocenters. The minimum Gasteiger partial charge on any atom is -0.497 e. The number of hydrogen-bond acceptors (Lipinski definition) is 4.